The van der Waals surface area contributed by atoms with Gasteiger partial charge in [0.15, 0.2) is 5.15 Å². The summed E-state index contributed by atoms with van der Waals surface area (Å²) >= 11 is 5.86. The van der Waals surface area contributed by atoms with Crippen LogP contribution in [0.4, 0.5) is 5.69 Å². The molecular weight excluding hydrogens is 254 g/mol. The second kappa shape index (κ2) is 6.13. The lowest BCUT2D eigenvalue weighted by molar-refractivity contribution is -0.117. The van der Waals surface area contributed by atoms with Gasteiger partial charge in [-0.05, 0) is 31.5 Å². The van der Waals surface area contributed by atoms with Gasteiger partial charge in [0.25, 0.3) is 0 Å². The fourth-order valence-corrected chi connectivity index (χ4v) is 2.33. The zero-order valence-corrected chi connectivity index (χ0v) is 10.7. The molecule has 1 aliphatic rings. The Hall–Kier alpha value is -1.17. The van der Waals surface area contributed by atoms with Gasteiger partial charge in [0.05, 0.1) is 18.8 Å². The lowest BCUT2D eigenvalue weighted by atomic mass is 10.2. The first-order valence-electron chi connectivity index (χ1n) is 5.96. The predicted octanol–water partition coefficient (Wildman–Crippen LogP) is 1.13. The molecular formula is C12H16ClN3O2. The highest BCUT2D eigenvalue weighted by molar-refractivity contribution is 6.32. The van der Waals surface area contributed by atoms with Crippen molar-refractivity contribution in [1.29, 1.82) is 0 Å². The molecule has 1 aliphatic heterocycles. The number of aliphatic hydroxyl groups excluding tert-OH is 1. The van der Waals surface area contributed by atoms with Crippen molar-refractivity contribution >= 4 is 23.2 Å². The molecule has 5 nitrogen and oxygen atoms in total. The van der Waals surface area contributed by atoms with Crippen LogP contribution in [0.15, 0.2) is 18.3 Å². The Bertz CT molecular complexity index is 428. The van der Waals surface area contributed by atoms with Crippen LogP contribution in [0, 0.1) is 0 Å². The third-order valence-corrected chi connectivity index (χ3v) is 3.39. The average Bonchev–Trinajstić information content (AvgIpc) is 2.79. The number of hydrogen-bond donors (Lipinski definition) is 2. The summed E-state index contributed by atoms with van der Waals surface area (Å²) in [5, 5.41) is 12.2. The molecule has 98 valence electrons. The van der Waals surface area contributed by atoms with Crippen molar-refractivity contribution in [2.75, 3.05) is 25.0 Å². The van der Waals surface area contributed by atoms with E-state index < -0.39 is 0 Å². The zero-order valence-electron chi connectivity index (χ0n) is 9.97. The molecule has 1 atom stereocenters. The van der Waals surface area contributed by atoms with Crippen LogP contribution in [0.5, 0.6) is 0 Å². The molecule has 0 radical (unpaired) electrons. The highest BCUT2D eigenvalue weighted by Gasteiger charge is 2.25. The predicted molar refractivity (Wildman–Crippen MR) is 69.6 cm³/mol. The molecule has 0 aromatic carbocycles. The van der Waals surface area contributed by atoms with Gasteiger partial charge in [0, 0.05) is 12.2 Å². The maximum atomic E-state index is 11.9. The number of halogens is 1. The first-order chi connectivity index (χ1) is 8.70. The largest absolute Gasteiger partial charge is 0.395 e. The number of pyridine rings is 1. The Morgan fingerprint density at radius 2 is 2.50 bits per heavy atom. The van der Waals surface area contributed by atoms with Crippen molar-refractivity contribution in [3.8, 4) is 0 Å². The summed E-state index contributed by atoms with van der Waals surface area (Å²) in [5.41, 5.74) is 0.518. The molecule has 2 heterocycles. The minimum absolute atomic E-state index is 0.0973. The van der Waals surface area contributed by atoms with E-state index in [-0.39, 0.29) is 30.3 Å². The standard InChI is InChI=1S/C12H16ClN3O2/c13-12-10(4-1-5-14-12)15-11(18)7-16-6-2-3-9(16)8-17/h1,4-5,9,17H,2-3,6-8H2,(H,15,18). The van der Waals surface area contributed by atoms with Crippen LogP contribution >= 0.6 is 11.6 Å². The number of aliphatic hydroxyl groups is 1. The van der Waals surface area contributed by atoms with Crippen LogP contribution in [0.2, 0.25) is 5.15 Å². The van der Waals surface area contributed by atoms with Crippen molar-refractivity contribution in [1.82, 2.24) is 9.88 Å². The molecule has 1 unspecified atom stereocenters. The number of aromatic nitrogens is 1. The molecule has 2 N–H and O–H groups in total. The van der Waals surface area contributed by atoms with Crippen LogP contribution in [-0.2, 0) is 4.79 Å². The van der Waals surface area contributed by atoms with Crippen molar-refractivity contribution in [2.24, 2.45) is 0 Å². The molecule has 1 aromatic heterocycles. The number of nitrogens with one attached hydrogen (secondary N) is 1. The lowest BCUT2D eigenvalue weighted by Crippen LogP contribution is -2.38. The minimum atomic E-state index is -0.134. The number of rotatable bonds is 4. The maximum absolute atomic E-state index is 11.9. The highest BCUT2D eigenvalue weighted by Crippen LogP contribution is 2.19. The van der Waals surface area contributed by atoms with Crippen molar-refractivity contribution in [2.45, 2.75) is 18.9 Å². The van der Waals surface area contributed by atoms with Gasteiger partial charge in [-0.3, -0.25) is 9.69 Å². The van der Waals surface area contributed by atoms with Crippen molar-refractivity contribution in [3.05, 3.63) is 23.5 Å². The Labute approximate surface area is 111 Å². The van der Waals surface area contributed by atoms with E-state index in [1.165, 1.54) is 0 Å². The van der Waals surface area contributed by atoms with Crippen molar-refractivity contribution in [3.63, 3.8) is 0 Å². The molecule has 0 bridgehead atoms. The fourth-order valence-electron chi connectivity index (χ4n) is 2.16. The van der Waals surface area contributed by atoms with E-state index in [1.807, 2.05) is 4.90 Å². The number of carbonyl (C=O) groups excluding carboxylic acids is 1. The highest BCUT2D eigenvalue weighted by atomic mass is 35.5. The zero-order chi connectivity index (χ0) is 13.0. The second-order valence-corrected chi connectivity index (χ2v) is 4.70. The number of likely N-dealkylation sites (tertiary alicyclic amines) is 1. The first kappa shape index (κ1) is 13.3. The lowest BCUT2D eigenvalue weighted by Gasteiger charge is -2.21. The van der Waals surface area contributed by atoms with E-state index in [2.05, 4.69) is 10.3 Å². The number of anilines is 1. The van der Waals surface area contributed by atoms with Crippen LogP contribution in [0.3, 0.4) is 0 Å². The van der Waals surface area contributed by atoms with E-state index in [1.54, 1.807) is 18.3 Å². The Morgan fingerprint density at radius 3 is 3.22 bits per heavy atom. The number of amides is 1. The van der Waals surface area contributed by atoms with E-state index in [0.717, 1.165) is 19.4 Å². The summed E-state index contributed by atoms with van der Waals surface area (Å²) in [6.07, 6.45) is 3.53. The summed E-state index contributed by atoms with van der Waals surface area (Å²) in [4.78, 5) is 17.7. The fraction of sp³-hybridized carbons (Fsp3) is 0.500. The molecule has 6 heteroatoms. The molecule has 1 aromatic rings. The summed E-state index contributed by atoms with van der Waals surface area (Å²) in [7, 11) is 0. The summed E-state index contributed by atoms with van der Waals surface area (Å²) in [5.74, 6) is -0.134. The molecule has 18 heavy (non-hydrogen) atoms. The van der Waals surface area contributed by atoms with Gasteiger partial charge < -0.3 is 10.4 Å². The van der Waals surface area contributed by atoms with Gasteiger partial charge in [-0.15, -0.1) is 0 Å². The summed E-state index contributed by atoms with van der Waals surface area (Å²) in [6, 6.07) is 3.52. The molecule has 1 saturated heterocycles. The quantitative estimate of drug-likeness (QED) is 0.805. The normalized spacial score (nSPS) is 20.0. The number of hydrogen-bond acceptors (Lipinski definition) is 4. The second-order valence-electron chi connectivity index (χ2n) is 4.34. The summed E-state index contributed by atoms with van der Waals surface area (Å²) in [6.45, 7) is 1.22. The molecule has 0 aliphatic carbocycles. The Morgan fingerprint density at radius 1 is 1.67 bits per heavy atom. The minimum Gasteiger partial charge on any atom is -0.395 e. The van der Waals surface area contributed by atoms with Gasteiger partial charge in [-0.25, -0.2) is 4.98 Å². The monoisotopic (exact) mass is 269 g/mol. The first-order valence-corrected chi connectivity index (χ1v) is 6.34. The number of carbonyl (C=O) groups is 1. The smallest absolute Gasteiger partial charge is 0.238 e. The van der Waals surface area contributed by atoms with E-state index in [4.69, 9.17) is 11.6 Å². The van der Waals surface area contributed by atoms with E-state index in [0.29, 0.717) is 5.69 Å². The maximum Gasteiger partial charge on any atom is 0.238 e. The molecule has 1 fully saturated rings. The summed E-state index contributed by atoms with van der Waals surface area (Å²) < 4.78 is 0. The number of nitrogens with zero attached hydrogens (tertiary/aromatic N) is 2. The molecule has 2 rings (SSSR count). The SMILES string of the molecule is O=C(CN1CCCC1CO)Nc1cccnc1Cl. The van der Waals surface area contributed by atoms with Gasteiger partial charge in [0.2, 0.25) is 5.91 Å². The molecule has 1 amide bonds. The van der Waals surface area contributed by atoms with Crippen LogP contribution in [0.1, 0.15) is 12.8 Å². The van der Waals surface area contributed by atoms with Gasteiger partial charge in [-0.2, -0.15) is 0 Å². The van der Waals surface area contributed by atoms with Crippen LogP contribution in [-0.4, -0.2) is 46.6 Å². The van der Waals surface area contributed by atoms with Gasteiger partial charge in [0.1, 0.15) is 0 Å². The Balaban J connectivity index is 1.91. The average molecular weight is 270 g/mol. The third-order valence-electron chi connectivity index (χ3n) is 3.09. The van der Waals surface area contributed by atoms with Gasteiger partial charge >= 0.3 is 0 Å². The Kier molecular flexibility index (Phi) is 4.52. The molecule has 0 saturated carbocycles. The van der Waals surface area contributed by atoms with Gasteiger partial charge in [-0.1, -0.05) is 11.6 Å². The van der Waals surface area contributed by atoms with Crippen molar-refractivity contribution < 1.29 is 9.90 Å². The third kappa shape index (κ3) is 3.19. The van der Waals surface area contributed by atoms with E-state index in [9.17, 15) is 9.90 Å². The van der Waals surface area contributed by atoms with E-state index >= 15 is 0 Å². The van der Waals surface area contributed by atoms with Crippen LogP contribution < -0.4 is 5.32 Å². The topological polar surface area (TPSA) is 65.5 Å². The van der Waals surface area contributed by atoms with Crippen LogP contribution in [0.25, 0.3) is 0 Å². The molecule has 0 spiro atoms.